The van der Waals surface area contributed by atoms with E-state index in [2.05, 4.69) is 27.0 Å². The lowest BCUT2D eigenvalue weighted by atomic mass is 10.2. The highest BCUT2D eigenvalue weighted by atomic mass is 16.5. The van der Waals surface area contributed by atoms with Crippen LogP contribution in [0.1, 0.15) is 50.3 Å². The summed E-state index contributed by atoms with van der Waals surface area (Å²) in [7, 11) is 0. The Hall–Kier alpha value is -0.940. The summed E-state index contributed by atoms with van der Waals surface area (Å²) in [6.07, 6.45) is 5.98. The number of hydrogen-bond acceptors (Lipinski definition) is 4. The molecule has 0 aliphatic carbocycles. The molecule has 18 heavy (non-hydrogen) atoms. The van der Waals surface area contributed by atoms with E-state index in [0.717, 1.165) is 38.4 Å². The van der Waals surface area contributed by atoms with Crippen molar-refractivity contribution in [3.05, 3.63) is 11.6 Å². The van der Waals surface area contributed by atoms with E-state index in [9.17, 15) is 0 Å². The molecule has 1 aromatic heterocycles. The lowest BCUT2D eigenvalue weighted by Crippen LogP contribution is -2.33. The number of aryl methyl sites for hydroxylation is 1. The van der Waals surface area contributed by atoms with Gasteiger partial charge >= 0.3 is 0 Å². The minimum Gasteiger partial charge on any atom is -0.380 e. The first-order chi connectivity index (χ1) is 8.84. The molecule has 2 aliphatic heterocycles. The third kappa shape index (κ3) is 2.42. The Morgan fingerprint density at radius 1 is 1.33 bits per heavy atom. The fraction of sp³-hybridized carbons (Fsp3) is 0.846. The van der Waals surface area contributed by atoms with Crippen molar-refractivity contribution < 1.29 is 4.74 Å². The summed E-state index contributed by atoms with van der Waals surface area (Å²) >= 11 is 0. The van der Waals surface area contributed by atoms with Gasteiger partial charge in [0.25, 0.3) is 0 Å². The molecule has 5 heteroatoms. The second-order valence-electron chi connectivity index (χ2n) is 5.39. The van der Waals surface area contributed by atoms with Crippen LogP contribution >= 0.6 is 0 Å². The maximum absolute atomic E-state index is 5.40. The number of aromatic nitrogens is 3. The normalized spacial score (nSPS) is 25.7. The molecule has 1 aromatic rings. The van der Waals surface area contributed by atoms with Crippen LogP contribution < -0.4 is 5.32 Å². The Morgan fingerprint density at radius 2 is 2.28 bits per heavy atom. The molecular weight excluding hydrogens is 228 g/mol. The van der Waals surface area contributed by atoms with Gasteiger partial charge in [-0.1, -0.05) is 6.42 Å². The van der Waals surface area contributed by atoms with Crippen molar-refractivity contribution in [3.8, 4) is 0 Å². The fourth-order valence-electron chi connectivity index (χ4n) is 2.92. The van der Waals surface area contributed by atoms with E-state index in [1.54, 1.807) is 0 Å². The lowest BCUT2D eigenvalue weighted by Gasteiger charge is -2.18. The maximum Gasteiger partial charge on any atom is 0.149 e. The van der Waals surface area contributed by atoms with E-state index in [1.165, 1.54) is 25.1 Å². The van der Waals surface area contributed by atoms with Gasteiger partial charge in [0.15, 0.2) is 0 Å². The zero-order valence-electron chi connectivity index (χ0n) is 11.1. The van der Waals surface area contributed by atoms with Gasteiger partial charge in [0.2, 0.25) is 0 Å². The van der Waals surface area contributed by atoms with Crippen molar-refractivity contribution in [1.82, 2.24) is 20.1 Å². The molecule has 0 bridgehead atoms. The van der Waals surface area contributed by atoms with Gasteiger partial charge in [-0.05, 0) is 26.2 Å². The molecule has 1 saturated heterocycles. The van der Waals surface area contributed by atoms with Gasteiger partial charge in [-0.3, -0.25) is 0 Å². The number of hydrogen-bond donors (Lipinski definition) is 1. The second-order valence-corrected chi connectivity index (χ2v) is 5.39. The minimum atomic E-state index is 0.260. The largest absolute Gasteiger partial charge is 0.380 e. The van der Waals surface area contributed by atoms with E-state index >= 15 is 0 Å². The fourth-order valence-corrected chi connectivity index (χ4v) is 2.92. The van der Waals surface area contributed by atoms with Gasteiger partial charge in [-0.15, -0.1) is 10.2 Å². The molecular formula is C13H22N4O. The van der Waals surface area contributed by atoms with Gasteiger partial charge < -0.3 is 14.6 Å². The van der Waals surface area contributed by atoms with Crippen LogP contribution in [0.3, 0.4) is 0 Å². The maximum atomic E-state index is 5.40. The first-order valence-corrected chi connectivity index (χ1v) is 7.10. The van der Waals surface area contributed by atoms with Crippen molar-refractivity contribution in [2.24, 2.45) is 0 Å². The predicted octanol–water partition coefficient (Wildman–Crippen LogP) is 1.44. The van der Waals surface area contributed by atoms with Crippen LogP contribution in [0.2, 0.25) is 0 Å². The summed E-state index contributed by atoms with van der Waals surface area (Å²) in [4.78, 5) is 0. The van der Waals surface area contributed by atoms with Crippen molar-refractivity contribution in [3.63, 3.8) is 0 Å². The molecule has 100 valence electrons. The van der Waals surface area contributed by atoms with Gasteiger partial charge in [0.1, 0.15) is 11.6 Å². The molecule has 0 amide bonds. The molecule has 0 spiro atoms. The smallest absolute Gasteiger partial charge is 0.149 e. The van der Waals surface area contributed by atoms with E-state index in [0.29, 0.717) is 6.04 Å². The summed E-state index contributed by atoms with van der Waals surface area (Å²) in [5.41, 5.74) is 0. The summed E-state index contributed by atoms with van der Waals surface area (Å²) in [5.74, 6) is 2.26. The first kappa shape index (κ1) is 12.1. The molecule has 0 radical (unpaired) electrons. The highest BCUT2D eigenvalue weighted by Gasteiger charge is 2.23. The average molecular weight is 250 g/mol. The van der Waals surface area contributed by atoms with Crippen LogP contribution in [0, 0.1) is 0 Å². The molecule has 2 unspecified atom stereocenters. The standard InChI is InChI=1S/C13H22N4O/c1-10(14-11-6-8-18-9-11)13-16-15-12-5-3-2-4-7-17(12)13/h10-11,14H,2-9H2,1H3. The quantitative estimate of drug-likeness (QED) is 0.882. The number of fused-ring (bicyclic) bond motifs is 1. The van der Waals surface area contributed by atoms with Gasteiger partial charge in [-0.2, -0.15) is 0 Å². The summed E-state index contributed by atoms with van der Waals surface area (Å²) in [5, 5.41) is 12.3. The Bertz CT molecular complexity index is 398. The van der Waals surface area contributed by atoms with E-state index in [-0.39, 0.29) is 6.04 Å². The van der Waals surface area contributed by atoms with Gasteiger partial charge in [0, 0.05) is 25.6 Å². The summed E-state index contributed by atoms with van der Waals surface area (Å²) in [6, 6.07) is 0.731. The Balaban J connectivity index is 1.72. The van der Waals surface area contributed by atoms with Crippen LogP contribution in [0.5, 0.6) is 0 Å². The van der Waals surface area contributed by atoms with Crippen molar-refractivity contribution >= 4 is 0 Å². The molecule has 3 rings (SSSR count). The number of nitrogens with zero attached hydrogens (tertiary/aromatic N) is 3. The van der Waals surface area contributed by atoms with Crippen molar-refractivity contribution in [1.29, 1.82) is 0 Å². The SMILES string of the molecule is CC(NC1CCOC1)c1nnc2n1CCCCC2. The predicted molar refractivity (Wildman–Crippen MR) is 68.4 cm³/mol. The van der Waals surface area contributed by atoms with Crippen molar-refractivity contribution in [2.45, 2.75) is 57.7 Å². The zero-order chi connectivity index (χ0) is 12.4. The third-order valence-corrected chi connectivity index (χ3v) is 3.94. The summed E-state index contributed by atoms with van der Waals surface area (Å²) in [6.45, 7) is 4.96. The zero-order valence-corrected chi connectivity index (χ0v) is 11.1. The van der Waals surface area contributed by atoms with E-state index in [1.807, 2.05) is 0 Å². The average Bonchev–Trinajstić information content (AvgIpc) is 2.95. The Kier molecular flexibility index (Phi) is 3.61. The van der Waals surface area contributed by atoms with Crippen molar-refractivity contribution in [2.75, 3.05) is 13.2 Å². The van der Waals surface area contributed by atoms with Gasteiger partial charge in [-0.25, -0.2) is 0 Å². The Morgan fingerprint density at radius 3 is 3.11 bits per heavy atom. The van der Waals surface area contributed by atoms with Crippen LogP contribution in [0.4, 0.5) is 0 Å². The monoisotopic (exact) mass is 250 g/mol. The van der Waals surface area contributed by atoms with Crippen LogP contribution in [-0.4, -0.2) is 34.0 Å². The Labute approximate surface area is 108 Å². The molecule has 1 N–H and O–H groups in total. The van der Waals surface area contributed by atoms with Crippen LogP contribution in [0.25, 0.3) is 0 Å². The highest BCUT2D eigenvalue weighted by molar-refractivity contribution is 5.02. The molecule has 1 fully saturated rings. The van der Waals surface area contributed by atoms with Gasteiger partial charge in [0.05, 0.1) is 12.6 Å². The topological polar surface area (TPSA) is 52.0 Å². The molecule has 0 saturated carbocycles. The van der Waals surface area contributed by atoms with Crippen LogP contribution in [-0.2, 0) is 17.7 Å². The number of nitrogens with one attached hydrogen (secondary N) is 1. The minimum absolute atomic E-state index is 0.260. The summed E-state index contributed by atoms with van der Waals surface area (Å²) < 4.78 is 7.72. The highest BCUT2D eigenvalue weighted by Crippen LogP contribution is 2.19. The molecule has 5 nitrogen and oxygen atoms in total. The van der Waals surface area contributed by atoms with E-state index in [4.69, 9.17) is 4.74 Å². The molecule has 2 atom stereocenters. The van der Waals surface area contributed by atoms with Crippen LogP contribution in [0.15, 0.2) is 0 Å². The first-order valence-electron chi connectivity index (χ1n) is 7.10. The molecule has 3 heterocycles. The second kappa shape index (κ2) is 5.36. The van der Waals surface area contributed by atoms with E-state index < -0.39 is 0 Å². The number of rotatable bonds is 3. The molecule has 0 aromatic carbocycles. The third-order valence-electron chi connectivity index (χ3n) is 3.94. The molecule has 2 aliphatic rings. The number of ether oxygens (including phenoxy) is 1. The lowest BCUT2D eigenvalue weighted by molar-refractivity contribution is 0.188.